The minimum absolute atomic E-state index is 0.554. The van der Waals surface area contributed by atoms with Gasteiger partial charge in [-0.3, -0.25) is 0 Å². The average Bonchev–Trinajstić information content (AvgIpc) is 2.68. The lowest BCUT2D eigenvalue weighted by atomic mass is 10.1. The summed E-state index contributed by atoms with van der Waals surface area (Å²) in [5.74, 6) is 0. The predicted octanol–water partition coefficient (Wildman–Crippen LogP) is 6.08. The fraction of sp³-hybridized carbons (Fsp3) is 0.625. The van der Waals surface area contributed by atoms with Crippen LogP contribution in [0.15, 0.2) is 36.6 Å². The molecular weight excluding hydrogens is 312 g/mol. The molecule has 0 aromatic carbocycles. The summed E-state index contributed by atoms with van der Waals surface area (Å²) in [6, 6.07) is 2.48. The van der Waals surface area contributed by atoms with Crippen molar-refractivity contribution in [3.8, 4) is 0 Å². The highest BCUT2D eigenvalue weighted by Gasteiger charge is 2.55. The minimum Gasteiger partial charge on any atom is -0.103 e. The van der Waals surface area contributed by atoms with Gasteiger partial charge >= 0.3 is 0 Å². The van der Waals surface area contributed by atoms with Crippen LogP contribution in [0.4, 0.5) is 0 Å². The van der Waals surface area contributed by atoms with Crippen LogP contribution >= 0.6 is 21.6 Å². The van der Waals surface area contributed by atoms with E-state index in [1.54, 1.807) is 0 Å². The van der Waals surface area contributed by atoms with Gasteiger partial charge in [-0.2, -0.15) is 0 Å². The molecule has 20 heavy (non-hydrogen) atoms. The third-order valence-electron chi connectivity index (χ3n) is 5.16. The van der Waals surface area contributed by atoms with E-state index in [4.69, 9.17) is 0 Å². The molecule has 0 N–H and O–H groups in total. The first-order chi connectivity index (χ1) is 9.28. The molecule has 0 nitrogen and oxygen atoms in total. The highest BCUT2D eigenvalue weighted by Crippen LogP contribution is 2.63. The van der Waals surface area contributed by atoms with Gasteiger partial charge in [-0.05, 0) is 24.9 Å². The van der Waals surface area contributed by atoms with Crippen LogP contribution in [0.25, 0.3) is 0 Å². The summed E-state index contributed by atoms with van der Waals surface area (Å²) in [5.41, 5.74) is 0. The third kappa shape index (κ3) is 2.81. The molecule has 4 heteroatoms. The van der Waals surface area contributed by atoms with Crippen LogP contribution in [0, 0.1) is 0 Å². The number of hydrogen-bond acceptors (Lipinski definition) is 2. The van der Waals surface area contributed by atoms with E-state index < -0.39 is 16.1 Å². The second kappa shape index (κ2) is 5.86. The van der Waals surface area contributed by atoms with Crippen molar-refractivity contribution in [1.82, 2.24) is 0 Å². The standard InChI is InChI=1S/C16H28S2Si2/c1-7-11-19(3,4)15-9-10-16(13-14(15)17-18-16)20(5,6)12-8-2/h7-9,14H,1-2,10-13H2,3-6H3. The van der Waals surface area contributed by atoms with Gasteiger partial charge in [0.2, 0.25) is 0 Å². The predicted molar refractivity (Wildman–Crippen MR) is 104 cm³/mol. The van der Waals surface area contributed by atoms with E-state index in [-0.39, 0.29) is 0 Å². The Balaban J connectivity index is 2.26. The van der Waals surface area contributed by atoms with Gasteiger partial charge in [-0.15, -0.1) is 13.2 Å². The Morgan fingerprint density at radius 1 is 1.25 bits per heavy atom. The Labute approximate surface area is 135 Å². The molecule has 1 heterocycles. The van der Waals surface area contributed by atoms with Crippen LogP contribution in [-0.4, -0.2) is 25.8 Å². The quantitative estimate of drug-likeness (QED) is 0.326. The average molecular weight is 341 g/mol. The maximum Gasteiger partial charge on any atom is 0.0802 e. The SMILES string of the molecule is C=CC[Si](C)(C)C1=CCC2([Si](C)(C)CC=C)CC1SS2. The molecule has 0 amide bonds. The first-order valence-corrected chi connectivity index (χ1v) is 16.2. The zero-order valence-corrected chi connectivity index (χ0v) is 17.0. The third-order valence-corrected chi connectivity index (χ3v) is 18.7. The normalized spacial score (nSPS) is 30.0. The summed E-state index contributed by atoms with van der Waals surface area (Å²) in [6.45, 7) is 18.1. The molecule has 0 radical (unpaired) electrons. The molecule has 2 unspecified atom stereocenters. The second-order valence-electron chi connectivity index (χ2n) is 7.48. The molecule has 1 aliphatic carbocycles. The molecule has 0 aromatic heterocycles. The van der Waals surface area contributed by atoms with Crippen molar-refractivity contribution in [2.24, 2.45) is 0 Å². The highest BCUT2D eigenvalue weighted by molar-refractivity contribution is 8.78. The Kier molecular flexibility index (Phi) is 4.90. The van der Waals surface area contributed by atoms with E-state index in [9.17, 15) is 0 Å². The van der Waals surface area contributed by atoms with Crippen molar-refractivity contribution >= 4 is 37.7 Å². The number of allylic oxidation sites excluding steroid dienone is 3. The molecule has 2 aliphatic rings. The molecule has 0 aromatic rings. The molecule has 2 atom stereocenters. The van der Waals surface area contributed by atoms with Crippen LogP contribution < -0.4 is 0 Å². The van der Waals surface area contributed by atoms with Gasteiger partial charge in [0.1, 0.15) is 0 Å². The van der Waals surface area contributed by atoms with E-state index >= 15 is 0 Å². The highest BCUT2D eigenvalue weighted by atomic mass is 33.1. The second-order valence-corrected chi connectivity index (χ2v) is 20.5. The van der Waals surface area contributed by atoms with Crippen molar-refractivity contribution in [3.63, 3.8) is 0 Å². The summed E-state index contributed by atoms with van der Waals surface area (Å²) < 4.78 is 0.554. The number of hydrogen-bond donors (Lipinski definition) is 0. The zero-order valence-electron chi connectivity index (χ0n) is 13.4. The summed E-state index contributed by atoms with van der Waals surface area (Å²) in [5, 5.41) is 2.60. The van der Waals surface area contributed by atoms with Crippen LogP contribution in [0.5, 0.6) is 0 Å². The Morgan fingerprint density at radius 2 is 1.90 bits per heavy atom. The van der Waals surface area contributed by atoms with Crippen LogP contribution in [0.1, 0.15) is 12.8 Å². The summed E-state index contributed by atoms with van der Waals surface area (Å²) in [6.07, 6.45) is 9.66. The van der Waals surface area contributed by atoms with Gasteiger partial charge in [0.25, 0.3) is 0 Å². The minimum atomic E-state index is -1.27. The first kappa shape index (κ1) is 16.7. The molecule has 0 spiro atoms. The zero-order chi connectivity index (χ0) is 15.0. The van der Waals surface area contributed by atoms with Crippen molar-refractivity contribution in [1.29, 1.82) is 0 Å². The summed E-state index contributed by atoms with van der Waals surface area (Å²) in [4.78, 5) is 0. The van der Waals surface area contributed by atoms with Gasteiger partial charge in [0.15, 0.2) is 0 Å². The van der Waals surface area contributed by atoms with Crippen molar-refractivity contribution in [2.75, 3.05) is 0 Å². The van der Waals surface area contributed by atoms with Crippen molar-refractivity contribution < 1.29 is 0 Å². The van der Waals surface area contributed by atoms with Crippen molar-refractivity contribution in [3.05, 3.63) is 36.6 Å². The maximum atomic E-state index is 4.00. The van der Waals surface area contributed by atoms with E-state index in [0.717, 1.165) is 5.25 Å². The van der Waals surface area contributed by atoms with E-state index in [1.165, 1.54) is 24.9 Å². The molecule has 0 saturated carbocycles. The molecule has 1 saturated heterocycles. The monoisotopic (exact) mass is 340 g/mol. The van der Waals surface area contributed by atoms with E-state index in [2.05, 4.69) is 79.2 Å². The van der Waals surface area contributed by atoms with Crippen LogP contribution in [0.3, 0.4) is 0 Å². The maximum absolute atomic E-state index is 4.00. The van der Waals surface area contributed by atoms with Crippen molar-refractivity contribution in [2.45, 2.75) is 60.7 Å². The molecule has 2 bridgehead atoms. The molecule has 1 fully saturated rings. The largest absolute Gasteiger partial charge is 0.103 e. The van der Waals surface area contributed by atoms with E-state index in [1.807, 2.05) is 5.20 Å². The van der Waals surface area contributed by atoms with Crippen LogP contribution in [0.2, 0.25) is 38.3 Å². The lowest BCUT2D eigenvalue weighted by molar-refractivity contribution is 0.676. The first-order valence-electron chi connectivity index (χ1n) is 7.55. The smallest absolute Gasteiger partial charge is 0.0802 e. The Bertz CT molecular complexity index is 440. The summed E-state index contributed by atoms with van der Waals surface area (Å²) in [7, 11) is 1.89. The van der Waals surface area contributed by atoms with Gasteiger partial charge in [-0.25, -0.2) is 0 Å². The summed E-state index contributed by atoms with van der Waals surface area (Å²) >= 11 is 0. The van der Waals surface area contributed by atoms with Gasteiger partial charge < -0.3 is 0 Å². The lowest BCUT2D eigenvalue weighted by Gasteiger charge is -2.44. The number of fused-ring (bicyclic) bond motifs is 2. The molecule has 1 aliphatic heterocycles. The Morgan fingerprint density at radius 3 is 2.50 bits per heavy atom. The topological polar surface area (TPSA) is 0 Å². The number of rotatable bonds is 6. The fourth-order valence-electron chi connectivity index (χ4n) is 3.61. The lowest BCUT2D eigenvalue weighted by Crippen LogP contribution is -2.52. The molecule has 112 valence electrons. The van der Waals surface area contributed by atoms with Gasteiger partial charge in [0, 0.05) is 9.62 Å². The van der Waals surface area contributed by atoms with Gasteiger partial charge in [0.05, 0.1) is 16.1 Å². The van der Waals surface area contributed by atoms with Crippen LogP contribution in [-0.2, 0) is 0 Å². The fourth-order valence-corrected chi connectivity index (χ4v) is 17.0. The Hall–Kier alpha value is 0.354. The van der Waals surface area contributed by atoms with E-state index in [0.29, 0.717) is 4.37 Å². The molecular formula is C16H28S2Si2. The van der Waals surface area contributed by atoms with Gasteiger partial charge in [-0.1, -0.05) is 71.2 Å². The molecule has 2 rings (SSSR count).